The average molecular weight is 490 g/mol. The van der Waals surface area contributed by atoms with Crippen LogP contribution in [-0.4, -0.2) is 35.2 Å². The molecule has 2 aromatic rings. The highest BCUT2D eigenvalue weighted by molar-refractivity contribution is 6.34. The minimum atomic E-state index is -4.79. The van der Waals surface area contributed by atoms with Crippen LogP contribution in [0, 0.1) is 6.92 Å². The van der Waals surface area contributed by atoms with Gasteiger partial charge in [0.1, 0.15) is 6.23 Å². The van der Waals surface area contributed by atoms with E-state index >= 15 is 0 Å². The third-order valence-corrected chi connectivity index (χ3v) is 6.33. The number of hydrogen-bond donors (Lipinski definition) is 1. The van der Waals surface area contributed by atoms with Crippen molar-refractivity contribution in [3.63, 3.8) is 0 Å². The molecule has 0 amide bonds. The predicted octanol–water partition coefficient (Wildman–Crippen LogP) is 6.27. The molecule has 1 N–H and O–H groups in total. The molecule has 2 aromatic carbocycles. The fraction of sp³-hybridized carbons (Fsp3) is 0.409. The number of nitrogens with zero attached hydrogens (tertiary/aromatic N) is 1. The Kier molecular flexibility index (Phi) is 6.19. The maximum atomic E-state index is 14.6. The summed E-state index contributed by atoms with van der Waals surface area (Å²) in [5.74, 6) is -1.11. The number of alkyl halides is 3. The molecule has 0 aliphatic carbocycles. The Morgan fingerprint density at radius 1 is 1.19 bits per heavy atom. The number of carboxylic acids is 1. The molecule has 2 aliphatic heterocycles. The van der Waals surface area contributed by atoms with Crippen LogP contribution in [0.25, 0.3) is 0 Å². The molecule has 2 saturated heterocycles. The number of hydroxylamine groups is 2. The number of rotatable bonds is 4. The normalized spacial score (nSPS) is 26.6. The number of carboxylic acid groups (broad SMARTS) is 1. The van der Waals surface area contributed by atoms with Crippen molar-refractivity contribution >= 4 is 29.2 Å². The first-order chi connectivity index (χ1) is 15.0. The molecule has 0 radical (unpaired) electrons. The first kappa shape index (κ1) is 23.3. The first-order valence-corrected chi connectivity index (χ1v) is 10.7. The fourth-order valence-electron chi connectivity index (χ4n) is 4.35. The van der Waals surface area contributed by atoms with Crippen molar-refractivity contribution in [2.45, 2.75) is 50.2 Å². The number of aryl methyl sites for hydroxylation is 1. The lowest BCUT2D eigenvalue weighted by Gasteiger charge is -2.33. The zero-order valence-electron chi connectivity index (χ0n) is 17.0. The molecule has 32 heavy (non-hydrogen) atoms. The van der Waals surface area contributed by atoms with Crippen molar-refractivity contribution in [1.82, 2.24) is 5.06 Å². The zero-order valence-corrected chi connectivity index (χ0v) is 18.5. The average Bonchev–Trinajstić information content (AvgIpc) is 3.35. The Bertz CT molecular complexity index is 1020. The van der Waals surface area contributed by atoms with Gasteiger partial charge in [0, 0.05) is 23.1 Å². The van der Waals surface area contributed by atoms with Crippen LogP contribution >= 0.6 is 23.2 Å². The van der Waals surface area contributed by atoms with Crippen LogP contribution in [0.3, 0.4) is 0 Å². The molecule has 0 bridgehead atoms. The maximum absolute atomic E-state index is 14.6. The minimum absolute atomic E-state index is 0.0634. The molecule has 0 saturated carbocycles. The van der Waals surface area contributed by atoms with E-state index < -0.39 is 36.4 Å². The quantitative estimate of drug-likeness (QED) is 0.548. The van der Waals surface area contributed by atoms with Gasteiger partial charge in [-0.15, -0.1) is 0 Å². The van der Waals surface area contributed by atoms with Gasteiger partial charge in [0.2, 0.25) is 5.60 Å². The van der Waals surface area contributed by atoms with Gasteiger partial charge < -0.3 is 9.84 Å². The van der Waals surface area contributed by atoms with Crippen LogP contribution in [0.15, 0.2) is 36.4 Å². The second-order valence-corrected chi connectivity index (χ2v) is 8.87. The van der Waals surface area contributed by atoms with Crippen molar-refractivity contribution in [1.29, 1.82) is 0 Å². The molecule has 3 unspecified atom stereocenters. The molecule has 2 aliphatic rings. The number of halogens is 5. The van der Waals surface area contributed by atoms with Crippen LogP contribution < -0.4 is 0 Å². The molecule has 172 valence electrons. The monoisotopic (exact) mass is 489 g/mol. The fourth-order valence-corrected chi connectivity index (χ4v) is 4.88. The summed E-state index contributed by atoms with van der Waals surface area (Å²) in [7, 11) is 0. The van der Waals surface area contributed by atoms with Gasteiger partial charge >= 0.3 is 12.1 Å². The second kappa shape index (κ2) is 8.50. The summed E-state index contributed by atoms with van der Waals surface area (Å²) in [4.78, 5) is 17.1. The molecule has 3 atom stereocenters. The van der Waals surface area contributed by atoms with Gasteiger partial charge in [0.05, 0.1) is 11.6 Å². The van der Waals surface area contributed by atoms with Crippen LogP contribution in [0.2, 0.25) is 10.0 Å². The van der Waals surface area contributed by atoms with Crippen molar-refractivity contribution in [3.05, 3.63) is 68.7 Å². The molecular weight excluding hydrogens is 470 g/mol. The van der Waals surface area contributed by atoms with E-state index in [1.165, 1.54) is 35.4 Å². The third-order valence-electron chi connectivity index (χ3n) is 5.89. The Morgan fingerprint density at radius 3 is 2.41 bits per heavy atom. The highest BCUT2D eigenvalue weighted by Gasteiger charge is 2.65. The van der Waals surface area contributed by atoms with Crippen molar-refractivity contribution in [2.24, 2.45) is 0 Å². The largest absolute Gasteiger partial charge is 0.478 e. The zero-order chi connectivity index (χ0) is 23.3. The van der Waals surface area contributed by atoms with Crippen molar-refractivity contribution < 1.29 is 32.6 Å². The smallest absolute Gasteiger partial charge is 0.423 e. The molecule has 5 nitrogen and oxygen atoms in total. The third kappa shape index (κ3) is 4.10. The number of benzene rings is 2. The number of hydrogen-bond acceptors (Lipinski definition) is 4. The Labute approximate surface area is 192 Å². The van der Waals surface area contributed by atoms with Gasteiger partial charge in [-0.3, -0.25) is 4.84 Å². The summed E-state index contributed by atoms with van der Waals surface area (Å²) in [6, 6.07) is 7.42. The molecule has 0 spiro atoms. The Morgan fingerprint density at radius 2 is 1.88 bits per heavy atom. The lowest BCUT2D eigenvalue weighted by molar-refractivity contribution is -0.351. The summed E-state index contributed by atoms with van der Waals surface area (Å²) >= 11 is 12.0. The van der Waals surface area contributed by atoms with Gasteiger partial charge in [-0.1, -0.05) is 35.3 Å². The molecular formula is C22H20Cl2F3NO4. The van der Waals surface area contributed by atoms with Crippen molar-refractivity contribution in [3.8, 4) is 0 Å². The topological polar surface area (TPSA) is 59.0 Å². The number of carbonyl (C=O) groups is 1. The molecule has 4 rings (SSSR count). The summed E-state index contributed by atoms with van der Waals surface area (Å²) in [5.41, 5.74) is -1.87. The summed E-state index contributed by atoms with van der Waals surface area (Å²) in [5, 5.41) is 10.7. The van der Waals surface area contributed by atoms with Crippen LogP contribution in [0.5, 0.6) is 0 Å². The predicted molar refractivity (Wildman–Crippen MR) is 112 cm³/mol. The van der Waals surface area contributed by atoms with E-state index in [9.17, 15) is 23.1 Å². The van der Waals surface area contributed by atoms with E-state index in [0.717, 1.165) is 0 Å². The van der Waals surface area contributed by atoms with E-state index in [0.29, 0.717) is 30.6 Å². The van der Waals surface area contributed by atoms with Gasteiger partial charge in [-0.25, -0.2) is 4.79 Å². The highest BCUT2D eigenvalue weighted by Crippen LogP contribution is 2.56. The lowest BCUT2D eigenvalue weighted by atomic mass is 9.85. The molecule has 2 heterocycles. The number of aromatic carboxylic acids is 1. The van der Waals surface area contributed by atoms with Gasteiger partial charge in [-0.05, 0) is 60.7 Å². The van der Waals surface area contributed by atoms with Gasteiger partial charge in [0.25, 0.3) is 0 Å². The lowest BCUT2D eigenvalue weighted by Crippen LogP contribution is -2.44. The van der Waals surface area contributed by atoms with E-state index in [-0.39, 0.29) is 21.2 Å². The van der Waals surface area contributed by atoms with Gasteiger partial charge in [-0.2, -0.15) is 18.2 Å². The molecule has 2 fully saturated rings. The summed E-state index contributed by atoms with van der Waals surface area (Å²) < 4.78 is 49.5. The number of ether oxygens (including phenoxy) is 1. The van der Waals surface area contributed by atoms with E-state index in [4.69, 9.17) is 32.8 Å². The summed E-state index contributed by atoms with van der Waals surface area (Å²) in [6.07, 6.45) is -4.73. The maximum Gasteiger partial charge on any atom is 0.423 e. The Balaban J connectivity index is 1.84. The Hall–Kier alpha value is -1.84. The SMILES string of the molecule is Cc1cc(C2CC(c3cc(Cl)cc(Cl)c3)(C(F)(F)F)ON2C2CCCO2)ccc1C(=O)O. The van der Waals surface area contributed by atoms with E-state index in [1.807, 2.05) is 0 Å². The molecule has 10 heteroatoms. The van der Waals surface area contributed by atoms with E-state index in [1.54, 1.807) is 13.0 Å². The molecule has 0 aromatic heterocycles. The van der Waals surface area contributed by atoms with Crippen molar-refractivity contribution in [2.75, 3.05) is 6.61 Å². The summed E-state index contributed by atoms with van der Waals surface area (Å²) in [6.45, 7) is 2.02. The van der Waals surface area contributed by atoms with Crippen LogP contribution in [-0.2, 0) is 15.2 Å². The highest BCUT2D eigenvalue weighted by atomic mass is 35.5. The standard InChI is InChI=1S/C22H20Cl2F3NO4/c1-12-7-13(4-5-17(12)20(29)30)18-11-21(22(25,26)27,14-8-15(23)10-16(24)9-14)32-28(18)19-3-2-6-31-19/h4-5,7-10,18-19H,2-3,6,11H2,1H3,(H,29,30). The van der Waals surface area contributed by atoms with Gasteiger partial charge in [0.15, 0.2) is 0 Å². The van der Waals surface area contributed by atoms with Crippen LogP contribution in [0.4, 0.5) is 13.2 Å². The first-order valence-electron chi connectivity index (χ1n) is 9.98. The van der Waals surface area contributed by atoms with E-state index in [2.05, 4.69) is 0 Å². The minimum Gasteiger partial charge on any atom is -0.478 e. The second-order valence-electron chi connectivity index (χ2n) is 8.00. The van der Waals surface area contributed by atoms with Crippen LogP contribution in [0.1, 0.15) is 52.4 Å².